The third-order valence-corrected chi connectivity index (χ3v) is 3.19. The molecule has 0 amide bonds. The van der Waals surface area contributed by atoms with E-state index in [0.717, 1.165) is 6.42 Å². The largest absolute Gasteiger partial charge is 0.465 e. The molecule has 1 heterocycles. The van der Waals surface area contributed by atoms with E-state index in [1.165, 1.54) is 0 Å². The lowest BCUT2D eigenvalue weighted by molar-refractivity contribution is -0.152. The quantitative estimate of drug-likeness (QED) is 0.251. The summed E-state index contributed by atoms with van der Waals surface area (Å²) in [5, 5.41) is 6.76. The molecule has 1 rings (SSSR count). The number of hydrogen-bond acceptors (Lipinski definition) is 5. The van der Waals surface area contributed by atoms with E-state index < -0.39 is 5.54 Å². The van der Waals surface area contributed by atoms with Gasteiger partial charge in [-0.3, -0.25) is 4.79 Å². The highest BCUT2D eigenvalue weighted by molar-refractivity contribution is 5.80. The Morgan fingerprint density at radius 3 is 3.11 bits per heavy atom. The predicted octanol–water partition coefficient (Wildman–Crippen LogP) is 1.78. The van der Waals surface area contributed by atoms with Gasteiger partial charge in [0.1, 0.15) is 5.54 Å². The smallest absolute Gasteiger partial charge is 0.326 e. The van der Waals surface area contributed by atoms with Crippen molar-refractivity contribution < 1.29 is 14.3 Å². The minimum atomic E-state index is -0.650. The van der Waals surface area contributed by atoms with Gasteiger partial charge in [-0.25, -0.2) is 0 Å². The molecule has 0 aromatic carbocycles. The van der Waals surface area contributed by atoms with Crippen LogP contribution < -0.4 is 5.32 Å². The molecule has 1 saturated heterocycles. The van der Waals surface area contributed by atoms with Gasteiger partial charge < -0.3 is 14.8 Å². The van der Waals surface area contributed by atoms with E-state index in [9.17, 15) is 4.79 Å². The van der Waals surface area contributed by atoms with Crippen LogP contribution in [-0.2, 0) is 14.3 Å². The predicted molar refractivity (Wildman–Crippen MR) is 70.7 cm³/mol. The molecule has 1 atom stereocenters. The molecule has 0 aromatic heterocycles. The first-order chi connectivity index (χ1) is 9.25. The molecule has 108 valence electrons. The Morgan fingerprint density at radius 2 is 2.37 bits per heavy atom. The Kier molecular flexibility index (Phi) is 7.25. The zero-order valence-electron chi connectivity index (χ0n) is 11.4. The summed E-state index contributed by atoms with van der Waals surface area (Å²) >= 11 is 0. The lowest BCUT2D eigenvalue weighted by Gasteiger charge is -2.31. The minimum Gasteiger partial charge on any atom is -0.465 e. The van der Waals surface area contributed by atoms with Gasteiger partial charge in [0.2, 0.25) is 0 Å². The van der Waals surface area contributed by atoms with Gasteiger partial charge in [-0.05, 0) is 44.7 Å². The first-order valence-electron chi connectivity index (χ1n) is 6.76. The van der Waals surface area contributed by atoms with Crippen LogP contribution in [0.2, 0.25) is 0 Å². The Balaban J connectivity index is 2.57. The summed E-state index contributed by atoms with van der Waals surface area (Å²) in [5.74, 6) is -0.204. The van der Waals surface area contributed by atoms with Crippen molar-refractivity contribution in [3.63, 3.8) is 0 Å². The fourth-order valence-electron chi connectivity index (χ4n) is 2.19. The second-order valence-corrected chi connectivity index (χ2v) is 4.50. The summed E-state index contributed by atoms with van der Waals surface area (Å²) in [4.78, 5) is 14.9. The van der Waals surface area contributed by atoms with E-state index in [4.69, 9.17) is 15.0 Å². The summed E-state index contributed by atoms with van der Waals surface area (Å²) in [6.45, 7) is 4.47. The average molecular weight is 270 g/mol. The summed E-state index contributed by atoms with van der Waals surface area (Å²) in [7, 11) is 0. The number of rotatable bonds is 7. The SMILES string of the molecule is CCOC(=O)C1(NCCCN=[N+]=[N-])CCCOCC1. The topological polar surface area (TPSA) is 96.3 Å². The number of nitrogens with zero attached hydrogens (tertiary/aromatic N) is 3. The molecule has 0 bridgehead atoms. The molecule has 7 heteroatoms. The van der Waals surface area contributed by atoms with Crippen LogP contribution >= 0.6 is 0 Å². The number of azide groups is 1. The fraction of sp³-hybridized carbons (Fsp3) is 0.917. The van der Waals surface area contributed by atoms with Gasteiger partial charge in [-0.15, -0.1) is 0 Å². The van der Waals surface area contributed by atoms with Crippen molar-refractivity contribution in [2.45, 2.75) is 38.1 Å². The van der Waals surface area contributed by atoms with Crippen molar-refractivity contribution in [2.75, 3.05) is 32.9 Å². The highest BCUT2D eigenvalue weighted by Gasteiger charge is 2.39. The average Bonchev–Trinajstić information content (AvgIpc) is 2.65. The maximum Gasteiger partial charge on any atom is 0.326 e. The molecule has 1 N–H and O–H groups in total. The Hall–Kier alpha value is -1.30. The van der Waals surface area contributed by atoms with Crippen LogP contribution in [0.5, 0.6) is 0 Å². The van der Waals surface area contributed by atoms with E-state index in [1.54, 1.807) is 6.92 Å². The molecule has 1 aliphatic rings. The standard InChI is InChI=1S/C12H22N4O3/c1-2-19-11(17)12(5-3-9-18-10-6-12)14-7-4-8-15-16-13/h14H,2-10H2,1H3. The maximum atomic E-state index is 12.2. The van der Waals surface area contributed by atoms with Gasteiger partial charge in [0.25, 0.3) is 0 Å². The second kappa shape index (κ2) is 8.74. The number of ether oxygens (including phenoxy) is 2. The third-order valence-electron chi connectivity index (χ3n) is 3.19. The second-order valence-electron chi connectivity index (χ2n) is 4.50. The van der Waals surface area contributed by atoms with Gasteiger partial charge in [-0.2, -0.15) is 0 Å². The highest BCUT2D eigenvalue weighted by Crippen LogP contribution is 2.23. The monoisotopic (exact) mass is 270 g/mol. The lowest BCUT2D eigenvalue weighted by atomic mass is 9.90. The third kappa shape index (κ3) is 5.06. The van der Waals surface area contributed by atoms with Crippen LogP contribution in [0.3, 0.4) is 0 Å². The Morgan fingerprint density at radius 1 is 1.53 bits per heavy atom. The number of nitrogens with one attached hydrogen (secondary N) is 1. The van der Waals surface area contributed by atoms with Crippen LogP contribution in [0, 0.1) is 0 Å². The maximum absolute atomic E-state index is 12.2. The lowest BCUT2D eigenvalue weighted by Crippen LogP contribution is -2.53. The normalized spacial score (nSPS) is 23.2. The van der Waals surface area contributed by atoms with Crippen LogP contribution in [0.1, 0.15) is 32.6 Å². The van der Waals surface area contributed by atoms with Crippen molar-refractivity contribution in [3.8, 4) is 0 Å². The van der Waals surface area contributed by atoms with Gasteiger partial charge >= 0.3 is 5.97 Å². The van der Waals surface area contributed by atoms with Gasteiger partial charge in [-0.1, -0.05) is 5.11 Å². The molecule has 0 saturated carbocycles. The highest BCUT2D eigenvalue weighted by atomic mass is 16.5. The number of carbonyl (C=O) groups is 1. The molecule has 0 aliphatic carbocycles. The molecular weight excluding hydrogens is 248 g/mol. The summed E-state index contributed by atoms with van der Waals surface area (Å²) < 4.78 is 10.6. The van der Waals surface area contributed by atoms with Crippen LogP contribution in [-0.4, -0.2) is 44.4 Å². The molecule has 0 aromatic rings. The Labute approximate surface area is 113 Å². The van der Waals surface area contributed by atoms with Crippen molar-refractivity contribution in [3.05, 3.63) is 10.4 Å². The molecule has 1 fully saturated rings. The number of hydrogen-bond donors (Lipinski definition) is 1. The van der Waals surface area contributed by atoms with E-state index >= 15 is 0 Å². The van der Waals surface area contributed by atoms with Crippen molar-refractivity contribution in [2.24, 2.45) is 5.11 Å². The molecule has 19 heavy (non-hydrogen) atoms. The minimum absolute atomic E-state index is 0.204. The zero-order chi connectivity index (χ0) is 14.0. The molecule has 1 unspecified atom stereocenters. The van der Waals surface area contributed by atoms with Gasteiger partial charge in [0, 0.05) is 24.7 Å². The molecule has 7 nitrogen and oxygen atoms in total. The Bertz CT molecular complexity index is 321. The zero-order valence-corrected chi connectivity index (χ0v) is 11.4. The van der Waals surface area contributed by atoms with Crippen molar-refractivity contribution in [1.29, 1.82) is 0 Å². The summed E-state index contributed by atoms with van der Waals surface area (Å²) in [6, 6.07) is 0. The molecule has 1 aliphatic heterocycles. The van der Waals surface area contributed by atoms with Gasteiger partial charge in [0.15, 0.2) is 0 Å². The van der Waals surface area contributed by atoms with Crippen molar-refractivity contribution in [1.82, 2.24) is 5.32 Å². The summed E-state index contributed by atoms with van der Waals surface area (Å²) in [5.41, 5.74) is 7.56. The number of carbonyl (C=O) groups excluding carboxylic acids is 1. The van der Waals surface area contributed by atoms with Crippen LogP contribution in [0.25, 0.3) is 10.4 Å². The molecule has 0 radical (unpaired) electrons. The van der Waals surface area contributed by atoms with E-state index in [2.05, 4.69) is 15.3 Å². The van der Waals surface area contributed by atoms with E-state index in [1.807, 2.05) is 0 Å². The summed E-state index contributed by atoms with van der Waals surface area (Å²) in [6.07, 6.45) is 2.87. The first-order valence-corrected chi connectivity index (χ1v) is 6.76. The van der Waals surface area contributed by atoms with E-state index in [-0.39, 0.29) is 5.97 Å². The van der Waals surface area contributed by atoms with Crippen LogP contribution in [0.15, 0.2) is 5.11 Å². The molecule has 0 spiro atoms. The van der Waals surface area contributed by atoms with E-state index in [0.29, 0.717) is 52.2 Å². The van der Waals surface area contributed by atoms with Crippen molar-refractivity contribution >= 4 is 5.97 Å². The first kappa shape index (κ1) is 15.8. The fourth-order valence-corrected chi connectivity index (χ4v) is 2.19. The number of esters is 1. The van der Waals surface area contributed by atoms with Crippen LogP contribution in [0.4, 0.5) is 0 Å². The van der Waals surface area contributed by atoms with Gasteiger partial charge in [0.05, 0.1) is 6.61 Å². The molecular formula is C12H22N4O3.